The fraction of sp³-hybridized carbons (Fsp3) is 0.368. The standard InChI is InChI=1S/C19H20FNO.ClH/c1-19-12-21(10-14-6-3-2-4-7-14)11-15(19)18-16(20)8-5-9-17(18)22-13-19;/h2-9,15H,10-13H2,1H3;1H. The van der Waals surface area contributed by atoms with Crippen LogP contribution in [-0.4, -0.2) is 24.6 Å². The van der Waals surface area contributed by atoms with Crippen LogP contribution in [0.25, 0.3) is 0 Å². The average molecular weight is 334 g/mol. The maximum Gasteiger partial charge on any atom is 0.130 e. The average Bonchev–Trinajstić information content (AvgIpc) is 2.84. The van der Waals surface area contributed by atoms with E-state index in [1.165, 1.54) is 5.56 Å². The predicted octanol–water partition coefficient (Wildman–Crippen LogP) is 4.25. The van der Waals surface area contributed by atoms with Crippen molar-refractivity contribution in [3.63, 3.8) is 0 Å². The maximum absolute atomic E-state index is 14.3. The topological polar surface area (TPSA) is 12.5 Å². The summed E-state index contributed by atoms with van der Waals surface area (Å²) < 4.78 is 20.2. The molecular formula is C19H21ClFNO. The van der Waals surface area contributed by atoms with E-state index in [2.05, 4.69) is 36.1 Å². The highest BCUT2D eigenvalue weighted by Crippen LogP contribution is 2.50. The summed E-state index contributed by atoms with van der Waals surface area (Å²) in [6, 6.07) is 15.6. The minimum atomic E-state index is -0.130. The zero-order valence-electron chi connectivity index (χ0n) is 13.2. The van der Waals surface area contributed by atoms with E-state index in [1.54, 1.807) is 12.1 Å². The molecule has 23 heavy (non-hydrogen) atoms. The van der Waals surface area contributed by atoms with E-state index in [4.69, 9.17) is 4.74 Å². The van der Waals surface area contributed by atoms with Crippen molar-refractivity contribution in [2.75, 3.05) is 19.7 Å². The van der Waals surface area contributed by atoms with Gasteiger partial charge in [0.15, 0.2) is 0 Å². The van der Waals surface area contributed by atoms with Crippen molar-refractivity contribution in [2.45, 2.75) is 19.4 Å². The molecule has 0 spiro atoms. The summed E-state index contributed by atoms with van der Waals surface area (Å²) in [4.78, 5) is 2.42. The summed E-state index contributed by atoms with van der Waals surface area (Å²) >= 11 is 0. The minimum Gasteiger partial charge on any atom is -0.493 e. The van der Waals surface area contributed by atoms with Crippen LogP contribution in [0.1, 0.15) is 24.0 Å². The number of fused-ring (bicyclic) bond motifs is 3. The van der Waals surface area contributed by atoms with Gasteiger partial charge < -0.3 is 4.74 Å². The third kappa shape index (κ3) is 2.84. The zero-order valence-corrected chi connectivity index (χ0v) is 14.0. The molecule has 2 aromatic rings. The SMILES string of the molecule is CC12COc3cccc(F)c3C1CN(Cc1ccccc1)C2.Cl. The summed E-state index contributed by atoms with van der Waals surface area (Å²) in [7, 11) is 0. The van der Waals surface area contributed by atoms with Crippen LogP contribution >= 0.6 is 12.4 Å². The fourth-order valence-corrected chi connectivity index (χ4v) is 3.94. The van der Waals surface area contributed by atoms with Crippen LogP contribution in [0.2, 0.25) is 0 Å². The molecule has 2 atom stereocenters. The number of likely N-dealkylation sites (tertiary alicyclic amines) is 1. The predicted molar refractivity (Wildman–Crippen MR) is 91.7 cm³/mol. The molecule has 1 saturated heterocycles. The van der Waals surface area contributed by atoms with Crippen LogP contribution in [0.15, 0.2) is 48.5 Å². The lowest BCUT2D eigenvalue weighted by Gasteiger charge is -2.36. The highest BCUT2D eigenvalue weighted by atomic mass is 35.5. The van der Waals surface area contributed by atoms with E-state index < -0.39 is 0 Å². The van der Waals surface area contributed by atoms with Crippen molar-refractivity contribution in [1.29, 1.82) is 0 Å². The maximum atomic E-state index is 14.3. The Morgan fingerprint density at radius 1 is 1.17 bits per heavy atom. The second kappa shape index (κ2) is 6.14. The molecule has 0 saturated carbocycles. The Kier molecular flexibility index (Phi) is 4.35. The molecule has 0 N–H and O–H groups in total. The third-order valence-corrected chi connectivity index (χ3v) is 5.03. The van der Waals surface area contributed by atoms with Crippen LogP contribution in [0, 0.1) is 11.2 Å². The Bertz CT molecular complexity index is 693. The van der Waals surface area contributed by atoms with Crippen molar-refractivity contribution in [3.8, 4) is 5.75 Å². The molecule has 1 fully saturated rings. The molecule has 4 rings (SSSR count). The molecule has 2 heterocycles. The number of benzene rings is 2. The van der Waals surface area contributed by atoms with E-state index >= 15 is 0 Å². The molecule has 0 radical (unpaired) electrons. The number of nitrogens with zero attached hydrogens (tertiary/aromatic N) is 1. The Balaban J connectivity index is 0.00000156. The van der Waals surface area contributed by atoms with Gasteiger partial charge in [-0.25, -0.2) is 4.39 Å². The highest BCUT2D eigenvalue weighted by Gasteiger charge is 2.48. The first kappa shape index (κ1) is 16.3. The molecule has 2 nitrogen and oxygen atoms in total. The number of halogens is 2. The van der Waals surface area contributed by atoms with Crippen LogP contribution in [0.4, 0.5) is 4.39 Å². The van der Waals surface area contributed by atoms with E-state index in [0.717, 1.165) is 30.9 Å². The molecule has 2 unspecified atom stereocenters. The lowest BCUT2D eigenvalue weighted by molar-refractivity contribution is 0.125. The number of rotatable bonds is 2. The number of hydrogen-bond donors (Lipinski definition) is 0. The zero-order chi connectivity index (χ0) is 15.2. The van der Waals surface area contributed by atoms with Gasteiger partial charge in [0.2, 0.25) is 0 Å². The van der Waals surface area contributed by atoms with Gasteiger partial charge in [0.05, 0.1) is 6.61 Å². The largest absolute Gasteiger partial charge is 0.493 e. The van der Waals surface area contributed by atoms with E-state index in [-0.39, 0.29) is 29.6 Å². The van der Waals surface area contributed by atoms with Gasteiger partial charge in [0, 0.05) is 36.5 Å². The van der Waals surface area contributed by atoms with Crippen molar-refractivity contribution in [1.82, 2.24) is 4.90 Å². The van der Waals surface area contributed by atoms with E-state index in [1.807, 2.05) is 12.1 Å². The van der Waals surface area contributed by atoms with Crippen LogP contribution < -0.4 is 4.74 Å². The quantitative estimate of drug-likeness (QED) is 0.814. The van der Waals surface area contributed by atoms with Gasteiger partial charge in [-0.1, -0.05) is 43.3 Å². The normalized spacial score (nSPS) is 25.9. The molecule has 0 aliphatic carbocycles. The molecule has 0 bridgehead atoms. The Hall–Kier alpha value is -1.58. The number of ether oxygens (including phenoxy) is 1. The van der Waals surface area contributed by atoms with Crippen molar-refractivity contribution in [3.05, 3.63) is 65.5 Å². The molecular weight excluding hydrogens is 313 g/mol. The Morgan fingerprint density at radius 3 is 2.74 bits per heavy atom. The smallest absolute Gasteiger partial charge is 0.130 e. The molecule has 2 aliphatic rings. The minimum absolute atomic E-state index is 0. The van der Waals surface area contributed by atoms with Gasteiger partial charge in [0.25, 0.3) is 0 Å². The molecule has 2 aliphatic heterocycles. The van der Waals surface area contributed by atoms with Gasteiger partial charge in [-0.15, -0.1) is 12.4 Å². The van der Waals surface area contributed by atoms with Crippen molar-refractivity contribution < 1.29 is 9.13 Å². The Morgan fingerprint density at radius 2 is 1.96 bits per heavy atom. The first-order valence-corrected chi connectivity index (χ1v) is 7.83. The lowest BCUT2D eigenvalue weighted by Crippen LogP contribution is -2.36. The van der Waals surface area contributed by atoms with Crippen LogP contribution in [-0.2, 0) is 6.54 Å². The van der Waals surface area contributed by atoms with Gasteiger partial charge in [-0.2, -0.15) is 0 Å². The Labute approximate surface area is 142 Å². The van der Waals surface area contributed by atoms with E-state index in [0.29, 0.717) is 6.61 Å². The van der Waals surface area contributed by atoms with E-state index in [9.17, 15) is 4.39 Å². The second-order valence-corrected chi connectivity index (χ2v) is 6.80. The fourth-order valence-electron chi connectivity index (χ4n) is 3.94. The first-order chi connectivity index (χ1) is 10.7. The highest BCUT2D eigenvalue weighted by molar-refractivity contribution is 5.85. The van der Waals surface area contributed by atoms with Crippen LogP contribution in [0.3, 0.4) is 0 Å². The number of hydrogen-bond acceptors (Lipinski definition) is 2. The van der Waals surface area contributed by atoms with Crippen molar-refractivity contribution >= 4 is 12.4 Å². The monoisotopic (exact) mass is 333 g/mol. The van der Waals surface area contributed by atoms with Gasteiger partial charge in [-0.05, 0) is 17.7 Å². The summed E-state index contributed by atoms with van der Waals surface area (Å²) in [5, 5.41) is 0. The summed E-state index contributed by atoms with van der Waals surface area (Å²) in [6.45, 7) is 5.64. The van der Waals surface area contributed by atoms with Gasteiger partial charge in [-0.3, -0.25) is 4.90 Å². The molecule has 122 valence electrons. The van der Waals surface area contributed by atoms with Gasteiger partial charge in [0.1, 0.15) is 11.6 Å². The lowest BCUT2D eigenvalue weighted by atomic mass is 9.74. The summed E-state index contributed by atoms with van der Waals surface area (Å²) in [5.74, 6) is 0.806. The molecule has 0 amide bonds. The summed E-state index contributed by atoms with van der Waals surface area (Å²) in [6.07, 6.45) is 0. The third-order valence-electron chi connectivity index (χ3n) is 5.03. The van der Waals surface area contributed by atoms with Gasteiger partial charge >= 0.3 is 0 Å². The van der Waals surface area contributed by atoms with Crippen molar-refractivity contribution in [2.24, 2.45) is 5.41 Å². The molecule has 4 heteroatoms. The molecule has 2 aromatic carbocycles. The van der Waals surface area contributed by atoms with Crippen LogP contribution in [0.5, 0.6) is 5.75 Å². The summed E-state index contributed by atoms with van der Waals surface area (Å²) in [5.41, 5.74) is 2.07. The first-order valence-electron chi connectivity index (χ1n) is 7.83. The molecule has 0 aromatic heterocycles. The second-order valence-electron chi connectivity index (χ2n) is 6.80.